The minimum atomic E-state index is -0.150. The maximum Gasteiger partial charge on any atom is 0.229 e. The Morgan fingerprint density at radius 1 is 0.935 bits per heavy atom. The normalized spacial score (nSPS) is 10.8. The number of aryl methyl sites for hydroxylation is 1. The zero-order valence-electron chi connectivity index (χ0n) is 17.4. The Morgan fingerprint density at radius 2 is 1.65 bits per heavy atom. The van der Waals surface area contributed by atoms with Crippen molar-refractivity contribution in [3.63, 3.8) is 0 Å². The van der Waals surface area contributed by atoms with Gasteiger partial charge in [-0.05, 0) is 41.5 Å². The van der Waals surface area contributed by atoms with E-state index in [9.17, 15) is 9.59 Å². The summed E-state index contributed by atoms with van der Waals surface area (Å²) in [4.78, 5) is 29.5. The number of nitrogens with one attached hydrogen (secondary N) is 2. The number of thiazole rings is 1. The van der Waals surface area contributed by atoms with Gasteiger partial charge in [0.15, 0.2) is 0 Å². The van der Waals surface area contributed by atoms with Gasteiger partial charge in [0.2, 0.25) is 11.8 Å². The molecule has 2 N–H and O–H groups in total. The van der Waals surface area contributed by atoms with Crippen LogP contribution in [0.25, 0.3) is 10.8 Å². The van der Waals surface area contributed by atoms with Crippen molar-refractivity contribution in [3.8, 4) is 0 Å². The summed E-state index contributed by atoms with van der Waals surface area (Å²) in [5.74, 6) is -0.258. The smallest absolute Gasteiger partial charge is 0.229 e. The first-order valence-electron chi connectivity index (χ1n) is 10.1. The SMILES string of the molecule is CC(=O)Nc1cccc(NC(=O)Cc2sc(Cc3cccc4ccccc34)nc2C)c1. The van der Waals surface area contributed by atoms with Gasteiger partial charge in [-0.3, -0.25) is 9.59 Å². The molecular formula is C25H23N3O2S. The molecule has 0 radical (unpaired) electrons. The van der Waals surface area contributed by atoms with E-state index >= 15 is 0 Å². The van der Waals surface area contributed by atoms with E-state index in [4.69, 9.17) is 4.98 Å². The van der Waals surface area contributed by atoms with Gasteiger partial charge in [-0.15, -0.1) is 11.3 Å². The number of carbonyl (C=O) groups excluding carboxylic acids is 2. The fraction of sp³-hybridized carbons (Fsp3) is 0.160. The van der Waals surface area contributed by atoms with Crippen molar-refractivity contribution >= 4 is 45.3 Å². The van der Waals surface area contributed by atoms with Crippen molar-refractivity contribution in [1.82, 2.24) is 4.98 Å². The third-order valence-corrected chi connectivity index (χ3v) is 6.10. The lowest BCUT2D eigenvalue weighted by Gasteiger charge is -2.07. The van der Waals surface area contributed by atoms with Crippen molar-refractivity contribution in [2.45, 2.75) is 26.7 Å². The molecule has 0 aliphatic heterocycles. The molecule has 0 bridgehead atoms. The van der Waals surface area contributed by atoms with Crippen molar-refractivity contribution < 1.29 is 9.59 Å². The average Bonchev–Trinajstić information content (AvgIpc) is 3.06. The molecule has 0 atom stereocenters. The van der Waals surface area contributed by atoms with Gasteiger partial charge in [0.1, 0.15) is 0 Å². The second-order valence-corrected chi connectivity index (χ2v) is 8.59. The average molecular weight is 430 g/mol. The van der Waals surface area contributed by atoms with Crippen LogP contribution in [0.5, 0.6) is 0 Å². The summed E-state index contributed by atoms with van der Waals surface area (Å²) >= 11 is 1.58. The first-order valence-corrected chi connectivity index (χ1v) is 10.9. The molecule has 4 aromatic rings. The van der Waals surface area contributed by atoms with Gasteiger partial charge in [0.25, 0.3) is 0 Å². The number of hydrogen-bond acceptors (Lipinski definition) is 4. The second-order valence-electron chi connectivity index (χ2n) is 7.42. The van der Waals surface area contributed by atoms with Crippen molar-refractivity contribution in [3.05, 3.63) is 87.9 Å². The van der Waals surface area contributed by atoms with Gasteiger partial charge >= 0.3 is 0 Å². The second kappa shape index (κ2) is 9.10. The van der Waals surface area contributed by atoms with Crippen molar-refractivity contribution in [2.75, 3.05) is 10.6 Å². The molecule has 0 aliphatic carbocycles. The minimum Gasteiger partial charge on any atom is -0.326 e. The van der Waals surface area contributed by atoms with E-state index in [1.54, 1.807) is 35.6 Å². The van der Waals surface area contributed by atoms with E-state index in [1.165, 1.54) is 23.3 Å². The molecule has 0 unspecified atom stereocenters. The van der Waals surface area contributed by atoms with E-state index in [0.29, 0.717) is 11.4 Å². The maximum absolute atomic E-state index is 12.6. The highest BCUT2D eigenvalue weighted by molar-refractivity contribution is 7.11. The number of benzene rings is 3. The maximum atomic E-state index is 12.6. The molecule has 0 aliphatic rings. The summed E-state index contributed by atoms with van der Waals surface area (Å²) in [5.41, 5.74) is 3.42. The molecular weight excluding hydrogens is 406 g/mol. The quantitative estimate of drug-likeness (QED) is 0.435. The summed E-state index contributed by atoms with van der Waals surface area (Å²) < 4.78 is 0. The third kappa shape index (κ3) is 5.16. The predicted octanol–water partition coefficient (Wildman–Crippen LogP) is 5.34. The van der Waals surface area contributed by atoms with Crippen LogP contribution in [0.3, 0.4) is 0 Å². The Hall–Kier alpha value is -3.51. The fourth-order valence-corrected chi connectivity index (χ4v) is 4.66. The van der Waals surface area contributed by atoms with E-state index in [1.807, 2.05) is 13.0 Å². The monoisotopic (exact) mass is 429 g/mol. The van der Waals surface area contributed by atoms with Crippen LogP contribution < -0.4 is 10.6 Å². The number of nitrogens with zero attached hydrogens (tertiary/aromatic N) is 1. The lowest BCUT2D eigenvalue weighted by molar-refractivity contribution is -0.115. The molecule has 4 rings (SSSR count). The number of aromatic nitrogens is 1. The number of rotatable bonds is 6. The number of fused-ring (bicyclic) bond motifs is 1. The highest BCUT2D eigenvalue weighted by atomic mass is 32.1. The molecule has 2 amide bonds. The Balaban J connectivity index is 1.45. The summed E-state index contributed by atoms with van der Waals surface area (Å²) in [6.07, 6.45) is 1.01. The lowest BCUT2D eigenvalue weighted by atomic mass is 10.0. The van der Waals surface area contributed by atoms with Gasteiger partial charge in [0.05, 0.1) is 17.1 Å². The molecule has 0 saturated carbocycles. The van der Waals surface area contributed by atoms with Gasteiger partial charge in [0, 0.05) is 29.6 Å². The van der Waals surface area contributed by atoms with Gasteiger partial charge in [-0.2, -0.15) is 0 Å². The molecule has 31 heavy (non-hydrogen) atoms. The summed E-state index contributed by atoms with van der Waals surface area (Å²) in [6.45, 7) is 3.40. The van der Waals surface area contributed by atoms with Crippen molar-refractivity contribution in [2.24, 2.45) is 0 Å². The zero-order valence-corrected chi connectivity index (χ0v) is 18.3. The Morgan fingerprint density at radius 3 is 2.45 bits per heavy atom. The topological polar surface area (TPSA) is 71.1 Å². The number of amides is 2. The van der Waals surface area contributed by atoms with Crippen molar-refractivity contribution in [1.29, 1.82) is 0 Å². The van der Waals surface area contributed by atoms with Gasteiger partial charge in [-0.1, -0.05) is 48.5 Å². The van der Waals surface area contributed by atoms with E-state index in [-0.39, 0.29) is 18.2 Å². The summed E-state index contributed by atoms with van der Waals surface area (Å²) in [7, 11) is 0. The van der Waals surface area contributed by atoms with Crippen LogP contribution in [0.15, 0.2) is 66.7 Å². The summed E-state index contributed by atoms with van der Waals surface area (Å²) in [6, 6.07) is 21.8. The fourth-order valence-electron chi connectivity index (χ4n) is 3.57. The number of anilines is 2. The van der Waals surface area contributed by atoms with Crippen LogP contribution in [0, 0.1) is 6.92 Å². The Kier molecular flexibility index (Phi) is 6.09. The third-order valence-electron chi connectivity index (χ3n) is 4.95. The summed E-state index contributed by atoms with van der Waals surface area (Å²) in [5, 5.41) is 9.07. The Labute approximate surface area is 185 Å². The predicted molar refractivity (Wildman–Crippen MR) is 127 cm³/mol. The molecule has 6 heteroatoms. The molecule has 0 fully saturated rings. The highest BCUT2D eigenvalue weighted by Gasteiger charge is 2.13. The van der Waals surface area contributed by atoms with Crippen LogP contribution in [0.1, 0.15) is 28.1 Å². The highest BCUT2D eigenvalue weighted by Crippen LogP contribution is 2.26. The van der Waals surface area contributed by atoms with E-state index in [2.05, 4.69) is 47.0 Å². The van der Waals surface area contributed by atoms with Crippen LogP contribution in [0.2, 0.25) is 0 Å². The van der Waals surface area contributed by atoms with Gasteiger partial charge < -0.3 is 10.6 Å². The molecule has 156 valence electrons. The molecule has 1 aromatic heterocycles. The van der Waals surface area contributed by atoms with Gasteiger partial charge in [-0.25, -0.2) is 4.98 Å². The van der Waals surface area contributed by atoms with E-state index < -0.39 is 0 Å². The zero-order chi connectivity index (χ0) is 21.8. The molecule has 1 heterocycles. The van der Waals surface area contributed by atoms with Crippen LogP contribution >= 0.6 is 11.3 Å². The minimum absolute atomic E-state index is 0.108. The number of hydrogen-bond donors (Lipinski definition) is 2. The molecule has 0 saturated heterocycles. The van der Waals surface area contributed by atoms with Crippen LogP contribution in [-0.2, 0) is 22.4 Å². The molecule has 0 spiro atoms. The number of carbonyl (C=O) groups is 2. The molecule has 3 aromatic carbocycles. The van der Waals surface area contributed by atoms with Crippen LogP contribution in [0.4, 0.5) is 11.4 Å². The first-order chi connectivity index (χ1) is 15.0. The standard InChI is InChI=1S/C25H23N3O2S/c1-16-23(15-24(30)28-21-11-6-10-20(14-21)27-17(2)29)31-25(26-16)13-19-9-5-8-18-7-3-4-12-22(18)19/h3-12,14H,13,15H2,1-2H3,(H,27,29)(H,28,30). The first kappa shape index (κ1) is 20.8. The van der Waals surface area contributed by atoms with Crippen LogP contribution in [-0.4, -0.2) is 16.8 Å². The van der Waals surface area contributed by atoms with E-state index in [0.717, 1.165) is 22.0 Å². The largest absolute Gasteiger partial charge is 0.326 e. The Bertz CT molecular complexity index is 1260. The molecule has 5 nitrogen and oxygen atoms in total. The lowest BCUT2D eigenvalue weighted by Crippen LogP contribution is -2.14.